The van der Waals surface area contributed by atoms with Crippen LogP contribution in [0.3, 0.4) is 0 Å². The van der Waals surface area contributed by atoms with Crippen LogP contribution in [-0.2, 0) is 4.79 Å². The molecule has 0 bridgehead atoms. The predicted molar refractivity (Wildman–Crippen MR) is 64.6 cm³/mol. The van der Waals surface area contributed by atoms with Crippen molar-refractivity contribution in [2.45, 2.75) is 58.9 Å². The van der Waals surface area contributed by atoms with Gasteiger partial charge in [0, 0.05) is 6.54 Å². The van der Waals surface area contributed by atoms with E-state index in [4.69, 9.17) is 5.73 Å². The maximum absolute atomic E-state index is 11.7. The van der Waals surface area contributed by atoms with E-state index >= 15 is 0 Å². The van der Waals surface area contributed by atoms with Crippen LogP contribution in [0.4, 0.5) is 0 Å². The van der Waals surface area contributed by atoms with Crippen molar-refractivity contribution in [1.82, 2.24) is 5.32 Å². The quantitative estimate of drug-likeness (QED) is 0.637. The Morgan fingerprint density at radius 3 is 2.27 bits per heavy atom. The number of hydrogen-bond acceptors (Lipinski definition) is 2. The molecule has 0 aromatic rings. The zero-order valence-electron chi connectivity index (χ0n) is 10.6. The molecule has 3 N–H and O–H groups in total. The summed E-state index contributed by atoms with van der Waals surface area (Å²) in [6, 6.07) is 0. The van der Waals surface area contributed by atoms with Crippen molar-refractivity contribution in [1.29, 1.82) is 0 Å². The van der Waals surface area contributed by atoms with E-state index in [1.165, 1.54) is 0 Å². The Bertz CT molecular complexity index is 186. The average molecular weight is 214 g/mol. The van der Waals surface area contributed by atoms with Crippen LogP contribution in [-0.4, -0.2) is 18.0 Å². The smallest absolute Gasteiger partial charge is 0.240 e. The molecule has 0 saturated heterocycles. The summed E-state index contributed by atoms with van der Waals surface area (Å²) in [5, 5.41) is 2.92. The summed E-state index contributed by atoms with van der Waals surface area (Å²) in [6.07, 6.45) is 3.57. The van der Waals surface area contributed by atoms with Gasteiger partial charge >= 0.3 is 0 Å². The van der Waals surface area contributed by atoms with Crippen molar-refractivity contribution in [2.24, 2.45) is 11.7 Å². The summed E-state index contributed by atoms with van der Waals surface area (Å²) < 4.78 is 0. The minimum Gasteiger partial charge on any atom is -0.355 e. The Morgan fingerprint density at radius 2 is 1.87 bits per heavy atom. The highest BCUT2D eigenvalue weighted by molar-refractivity contribution is 5.85. The van der Waals surface area contributed by atoms with Gasteiger partial charge in [-0.15, -0.1) is 0 Å². The molecule has 0 heterocycles. The van der Waals surface area contributed by atoms with E-state index in [0.717, 1.165) is 19.4 Å². The minimum absolute atomic E-state index is 0.00347. The monoisotopic (exact) mass is 214 g/mol. The molecule has 0 aliphatic rings. The molecule has 0 aliphatic heterocycles. The number of nitrogens with two attached hydrogens (primary N) is 1. The van der Waals surface area contributed by atoms with Crippen molar-refractivity contribution in [3.63, 3.8) is 0 Å². The van der Waals surface area contributed by atoms with Crippen LogP contribution in [0.2, 0.25) is 0 Å². The molecule has 0 radical (unpaired) electrons. The van der Waals surface area contributed by atoms with E-state index < -0.39 is 5.54 Å². The SMILES string of the molecule is CCC(N)(CC)C(=O)NCCCC(C)C. The summed E-state index contributed by atoms with van der Waals surface area (Å²) in [5.41, 5.74) is 5.30. The molecule has 0 fully saturated rings. The number of nitrogens with one attached hydrogen (secondary N) is 1. The van der Waals surface area contributed by atoms with Crippen LogP contribution >= 0.6 is 0 Å². The first-order valence-corrected chi connectivity index (χ1v) is 6.03. The second-order valence-electron chi connectivity index (χ2n) is 4.66. The normalized spacial score (nSPS) is 11.9. The van der Waals surface area contributed by atoms with Gasteiger partial charge in [-0.25, -0.2) is 0 Å². The Hall–Kier alpha value is -0.570. The van der Waals surface area contributed by atoms with E-state index in [9.17, 15) is 4.79 Å². The van der Waals surface area contributed by atoms with Gasteiger partial charge < -0.3 is 11.1 Å². The molecule has 0 atom stereocenters. The Morgan fingerprint density at radius 1 is 1.33 bits per heavy atom. The molecule has 0 unspecified atom stereocenters. The number of hydrogen-bond donors (Lipinski definition) is 2. The van der Waals surface area contributed by atoms with E-state index in [2.05, 4.69) is 19.2 Å². The fourth-order valence-electron chi connectivity index (χ4n) is 1.46. The molecule has 90 valence electrons. The second kappa shape index (κ2) is 6.83. The third kappa shape index (κ3) is 5.17. The van der Waals surface area contributed by atoms with Gasteiger partial charge in [0.1, 0.15) is 0 Å². The zero-order chi connectivity index (χ0) is 11.9. The molecule has 0 aliphatic carbocycles. The van der Waals surface area contributed by atoms with Gasteiger partial charge in [-0.1, -0.05) is 27.7 Å². The number of carbonyl (C=O) groups excluding carboxylic acids is 1. The fraction of sp³-hybridized carbons (Fsp3) is 0.917. The molecule has 3 heteroatoms. The van der Waals surface area contributed by atoms with Gasteiger partial charge in [0.25, 0.3) is 0 Å². The fourth-order valence-corrected chi connectivity index (χ4v) is 1.46. The molecule has 0 aromatic carbocycles. The highest BCUT2D eigenvalue weighted by Gasteiger charge is 2.29. The van der Waals surface area contributed by atoms with Crippen LogP contribution in [0.15, 0.2) is 0 Å². The molecule has 0 rings (SSSR count). The van der Waals surface area contributed by atoms with Crippen LogP contribution in [0.25, 0.3) is 0 Å². The molecule has 0 aromatic heterocycles. The molecule has 0 spiro atoms. The maximum atomic E-state index is 11.7. The highest BCUT2D eigenvalue weighted by atomic mass is 16.2. The van der Waals surface area contributed by atoms with Gasteiger partial charge in [0.05, 0.1) is 5.54 Å². The van der Waals surface area contributed by atoms with Gasteiger partial charge in [0.15, 0.2) is 0 Å². The van der Waals surface area contributed by atoms with Crippen LogP contribution in [0.1, 0.15) is 53.4 Å². The average Bonchev–Trinajstić information content (AvgIpc) is 2.22. The molecule has 3 nitrogen and oxygen atoms in total. The summed E-state index contributed by atoms with van der Waals surface area (Å²) in [7, 11) is 0. The van der Waals surface area contributed by atoms with E-state index in [-0.39, 0.29) is 5.91 Å². The first kappa shape index (κ1) is 14.4. The van der Waals surface area contributed by atoms with Crippen LogP contribution in [0, 0.1) is 5.92 Å². The Kier molecular flexibility index (Phi) is 6.57. The summed E-state index contributed by atoms with van der Waals surface area (Å²) in [6.45, 7) is 9.03. The van der Waals surface area contributed by atoms with Crippen molar-refractivity contribution in [2.75, 3.05) is 6.54 Å². The molecular weight excluding hydrogens is 188 g/mol. The second-order valence-corrected chi connectivity index (χ2v) is 4.66. The minimum atomic E-state index is -0.669. The summed E-state index contributed by atoms with van der Waals surface area (Å²) in [5.74, 6) is 0.693. The lowest BCUT2D eigenvalue weighted by Gasteiger charge is -2.25. The van der Waals surface area contributed by atoms with Gasteiger partial charge in [-0.2, -0.15) is 0 Å². The van der Waals surface area contributed by atoms with Gasteiger partial charge in [-0.05, 0) is 31.6 Å². The summed E-state index contributed by atoms with van der Waals surface area (Å²) >= 11 is 0. The molecule has 1 amide bonds. The number of rotatable bonds is 7. The van der Waals surface area contributed by atoms with Crippen molar-refractivity contribution < 1.29 is 4.79 Å². The van der Waals surface area contributed by atoms with E-state index in [1.807, 2.05) is 13.8 Å². The topological polar surface area (TPSA) is 55.1 Å². The first-order valence-electron chi connectivity index (χ1n) is 6.03. The third-order valence-electron chi connectivity index (χ3n) is 2.96. The van der Waals surface area contributed by atoms with E-state index in [1.54, 1.807) is 0 Å². The standard InChI is InChI=1S/C12H26N2O/c1-5-12(13,6-2)11(15)14-9-7-8-10(3)4/h10H,5-9,13H2,1-4H3,(H,14,15). The Labute approximate surface area is 93.8 Å². The van der Waals surface area contributed by atoms with Crippen molar-refractivity contribution >= 4 is 5.91 Å². The predicted octanol–water partition coefficient (Wildman–Crippen LogP) is 2.06. The largest absolute Gasteiger partial charge is 0.355 e. The first-order chi connectivity index (χ1) is 6.96. The van der Waals surface area contributed by atoms with Gasteiger partial charge in [0.2, 0.25) is 5.91 Å². The lowest BCUT2D eigenvalue weighted by Crippen LogP contribution is -2.53. The van der Waals surface area contributed by atoms with Crippen LogP contribution < -0.4 is 11.1 Å². The molecular formula is C12H26N2O. The van der Waals surface area contributed by atoms with Crippen LogP contribution in [0.5, 0.6) is 0 Å². The lowest BCUT2D eigenvalue weighted by molar-refractivity contribution is -0.126. The molecule has 15 heavy (non-hydrogen) atoms. The lowest BCUT2D eigenvalue weighted by atomic mass is 9.93. The van der Waals surface area contributed by atoms with Crippen molar-refractivity contribution in [3.8, 4) is 0 Å². The van der Waals surface area contributed by atoms with Crippen molar-refractivity contribution in [3.05, 3.63) is 0 Å². The third-order valence-corrected chi connectivity index (χ3v) is 2.96. The van der Waals surface area contributed by atoms with Gasteiger partial charge in [-0.3, -0.25) is 4.79 Å². The Balaban J connectivity index is 3.82. The maximum Gasteiger partial charge on any atom is 0.240 e. The highest BCUT2D eigenvalue weighted by Crippen LogP contribution is 2.11. The van der Waals surface area contributed by atoms with E-state index in [0.29, 0.717) is 18.8 Å². The zero-order valence-corrected chi connectivity index (χ0v) is 10.6. The molecule has 0 saturated carbocycles. The summed E-state index contributed by atoms with van der Waals surface area (Å²) in [4.78, 5) is 11.7. The number of carbonyl (C=O) groups is 1. The number of amides is 1.